The number of hydrogen-bond acceptors (Lipinski definition) is 1. The highest BCUT2D eigenvalue weighted by Crippen LogP contribution is 2.39. The van der Waals surface area contributed by atoms with Crippen molar-refractivity contribution in [3.05, 3.63) is 70.0 Å². The third kappa shape index (κ3) is 4.14. The molecule has 4 rings (SSSR count). The monoisotopic (exact) mass is 388 g/mol. The number of rotatable bonds is 4. The Labute approximate surface area is 176 Å². The molecule has 0 bridgehead atoms. The molecule has 0 fully saturated rings. The first kappa shape index (κ1) is 20.2. The molecule has 1 atom stereocenters. The predicted molar refractivity (Wildman–Crippen MR) is 125 cm³/mol. The summed E-state index contributed by atoms with van der Waals surface area (Å²) in [4.78, 5) is 2.51. The molecule has 2 heterocycles. The van der Waals surface area contributed by atoms with Crippen LogP contribution < -0.4 is 0 Å². The summed E-state index contributed by atoms with van der Waals surface area (Å²) >= 11 is 0. The van der Waals surface area contributed by atoms with Gasteiger partial charge in [0.25, 0.3) is 0 Å². The van der Waals surface area contributed by atoms with E-state index in [1.165, 1.54) is 53.4 Å². The third-order valence-corrected chi connectivity index (χ3v) is 6.90. The second-order valence-corrected chi connectivity index (χ2v) is 9.29. The van der Waals surface area contributed by atoms with Crippen molar-refractivity contribution < 1.29 is 0 Å². The summed E-state index contributed by atoms with van der Waals surface area (Å²) in [6.45, 7) is 9.00. The fourth-order valence-corrected chi connectivity index (χ4v) is 5.23. The van der Waals surface area contributed by atoms with Crippen molar-refractivity contribution in [2.24, 2.45) is 7.05 Å². The SMILES string of the molecule is CCC1=CC(CCC2CCN(C)Cc3c2n(C)c2ccc(C)cc32)=CC=C(C)C1. The van der Waals surface area contributed by atoms with Gasteiger partial charge in [-0.2, -0.15) is 0 Å². The van der Waals surface area contributed by atoms with E-state index >= 15 is 0 Å². The number of hydrogen-bond donors (Lipinski definition) is 0. The second kappa shape index (κ2) is 8.36. The van der Waals surface area contributed by atoms with Gasteiger partial charge in [-0.3, -0.25) is 0 Å². The van der Waals surface area contributed by atoms with E-state index in [2.05, 4.69) is 80.8 Å². The van der Waals surface area contributed by atoms with Crippen LogP contribution in [0, 0.1) is 6.92 Å². The first-order valence-electron chi connectivity index (χ1n) is 11.3. The maximum absolute atomic E-state index is 2.51. The van der Waals surface area contributed by atoms with Crippen LogP contribution >= 0.6 is 0 Å². The van der Waals surface area contributed by atoms with Crippen molar-refractivity contribution in [1.29, 1.82) is 0 Å². The number of allylic oxidation sites excluding steroid dienone is 6. The van der Waals surface area contributed by atoms with Gasteiger partial charge in [0.1, 0.15) is 0 Å². The van der Waals surface area contributed by atoms with Crippen molar-refractivity contribution in [2.45, 2.75) is 65.3 Å². The van der Waals surface area contributed by atoms with Gasteiger partial charge in [-0.05, 0) is 82.8 Å². The van der Waals surface area contributed by atoms with Crippen LogP contribution in [0.1, 0.15) is 68.7 Å². The lowest BCUT2D eigenvalue weighted by Gasteiger charge is -2.18. The summed E-state index contributed by atoms with van der Waals surface area (Å²) in [5, 5.41) is 1.46. The summed E-state index contributed by atoms with van der Waals surface area (Å²) in [6.07, 6.45) is 13.1. The molecule has 1 aromatic heterocycles. The van der Waals surface area contributed by atoms with Gasteiger partial charge in [-0.25, -0.2) is 0 Å². The van der Waals surface area contributed by atoms with Crippen LogP contribution in [0.25, 0.3) is 10.9 Å². The smallest absolute Gasteiger partial charge is 0.0483 e. The molecule has 0 saturated carbocycles. The Hall–Kier alpha value is -2.06. The number of aromatic nitrogens is 1. The molecule has 2 heteroatoms. The first-order valence-corrected chi connectivity index (χ1v) is 11.3. The number of benzene rings is 1. The minimum Gasteiger partial charge on any atom is -0.347 e. The van der Waals surface area contributed by atoms with Gasteiger partial charge < -0.3 is 9.47 Å². The van der Waals surface area contributed by atoms with Crippen molar-refractivity contribution in [3.63, 3.8) is 0 Å². The molecule has 29 heavy (non-hydrogen) atoms. The fraction of sp³-hybridized carbons (Fsp3) is 0.481. The minimum atomic E-state index is 0.625. The zero-order valence-corrected chi connectivity index (χ0v) is 18.9. The lowest BCUT2D eigenvalue weighted by Crippen LogP contribution is -2.17. The molecule has 0 N–H and O–H groups in total. The van der Waals surface area contributed by atoms with E-state index in [0.29, 0.717) is 5.92 Å². The molecular weight excluding hydrogens is 352 g/mol. The van der Waals surface area contributed by atoms with Crippen LogP contribution in [-0.2, 0) is 13.6 Å². The Morgan fingerprint density at radius 1 is 1.10 bits per heavy atom. The van der Waals surface area contributed by atoms with Crippen molar-refractivity contribution in [3.8, 4) is 0 Å². The number of nitrogens with zero attached hydrogens (tertiary/aromatic N) is 2. The standard InChI is InChI=1S/C27H36N2/c1-6-21-15-19(2)7-9-22(17-21)10-11-23-13-14-28(4)18-25-24-16-20(3)8-12-26(24)29(5)27(23)25/h7-9,12,16-17,23H,6,10-11,13-15,18H2,1-5H3. The van der Waals surface area contributed by atoms with Crippen LogP contribution in [-0.4, -0.2) is 23.1 Å². The van der Waals surface area contributed by atoms with Crippen LogP contribution in [0.4, 0.5) is 0 Å². The molecule has 0 amide bonds. The van der Waals surface area contributed by atoms with Crippen molar-refractivity contribution in [1.82, 2.24) is 9.47 Å². The van der Waals surface area contributed by atoms with Gasteiger partial charge >= 0.3 is 0 Å². The summed E-state index contributed by atoms with van der Waals surface area (Å²) in [7, 11) is 4.55. The molecule has 1 aliphatic carbocycles. The summed E-state index contributed by atoms with van der Waals surface area (Å²) in [5.74, 6) is 0.625. The quantitative estimate of drug-likeness (QED) is 0.559. The predicted octanol–water partition coefficient (Wildman–Crippen LogP) is 6.80. The normalized spacial score (nSPS) is 20.6. The molecule has 1 unspecified atom stereocenters. The molecule has 2 aromatic rings. The highest BCUT2D eigenvalue weighted by Gasteiger charge is 2.26. The number of fused-ring (bicyclic) bond motifs is 3. The Balaban J connectivity index is 1.67. The molecule has 0 saturated heterocycles. The van der Waals surface area contributed by atoms with Crippen LogP contribution in [0.15, 0.2) is 53.1 Å². The highest BCUT2D eigenvalue weighted by molar-refractivity contribution is 5.86. The van der Waals surface area contributed by atoms with Gasteiger partial charge in [-0.15, -0.1) is 0 Å². The molecule has 2 nitrogen and oxygen atoms in total. The molecule has 2 aliphatic rings. The maximum atomic E-state index is 2.51. The van der Waals surface area contributed by atoms with E-state index in [1.54, 1.807) is 16.8 Å². The first-order chi connectivity index (χ1) is 14.0. The zero-order valence-electron chi connectivity index (χ0n) is 18.9. The Morgan fingerprint density at radius 2 is 1.93 bits per heavy atom. The van der Waals surface area contributed by atoms with E-state index in [9.17, 15) is 0 Å². The van der Waals surface area contributed by atoms with E-state index in [0.717, 1.165) is 19.4 Å². The average molecular weight is 389 g/mol. The average Bonchev–Trinajstić information content (AvgIpc) is 2.84. The largest absolute Gasteiger partial charge is 0.347 e. The lowest BCUT2D eigenvalue weighted by molar-refractivity contribution is 0.323. The van der Waals surface area contributed by atoms with E-state index < -0.39 is 0 Å². The summed E-state index contributed by atoms with van der Waals surface area (Å²) in [6, 6.07) is 6.96. The third-order valence-electron chi connectivity index (χ3n) is 6.90. The Bertz CT molecular complexity index is 999. The summed E-state index contributed by atoms with van der Waals surface area (Å²) in [5.41, 5.74) is 10.5. The molecule has 0 radical (unpaired) electrons. The molecule has 154 valence electrons. The zero-order chi connectivity index (χ0) is 20.5. The maximum Gasteiger partial charge on any atom is 0.0483 e. The molecular formula is C27H36N2. The van der Waals surface area contributed by atoms with E-state index in [1.807, 2.05) is 0 Å². The second-order valence-electron chi connectivity index (χ2n) is 9.29. The Kier molecular flexibility index (Phi) is 5.83. The highest BCUT2D eigenvalue weighted by atomic mass is 15.1. The van der Waals surface area contributed by atoms with Crippen LogP contribution in [0.5, 0.6) is 0 Å². The van der Waals surface area contributed by atoms with Gasteiger partial charge in [0.05, 0.1) is 0 Å². The van der Waals surface area contributed by atoms with Gasteiger partial charge in [0, 0.05) is 36.1 Å². The Morgan fingerprint density at radius 3 is 2.72 bits per heavy atom. The fourth-order valence-electron chi connectivity index (χ4n) is 5.23. The molecule has 1 aromatic carbocycles. The van der Waals surface area contributed by atoms with Gasteiger partial charge in [-0.1, -0.05) is 47.9 Å². The van der Waals surface area contributed by atoms with Crippen LogP contribution in [0.3, 0.4) is 0 Å². The number of aryl methyl sites for hydroxylation is 2. The van der Waals surface area contributed by atoms with Crippen molar-refractivity contribution in [2.75, 3.05) is 13.6 Å². The lowest BCUT2D eigenvalue weighted by atomic mass is 9.91. The molecule has 0 spiro atoms. The van der Waals surface area contributed by atoms with Crippen molar-refractivity contribution >= 4 is 10.9 Å². The molecule has 1 aliphatic heterocycles. The minimum absolute atomic E-state index is 0.625. The topological polar surface area (TPSA) is 8.17 Å². The van der Waals surface area contributed by atoms with Gasteiger partial charge in [0.2, 0.25) is 0 Å². The van der Waals surface area contributed by atoms with E-state index in [4.69, 9.17) is 0 Å². The van der Waals surface area contributed by atoms with Crippen LogP contribution in [0.2, 0.25) is 0 Å². The summed E-state index contributed by atoms with van der Waals surface area (Å²) < 4.78 is 2.49. The van der Waals surface area contributed by atoms with Gasteiger partial charge in [0.15, 0.2) is 0 Å². The van der Waals surface area contributed by atoms with E-state index in [-0.39, 0.29) is 0 Å².